The average Bonchev–Trinajstić information content (AvgIpc) is 3.01. The van der Waals surface area contributed by atoms with Gasteiger partial charge in [0.2, 0.25) is 5.91 Å². The van der Waals surface area contributed by atoms with Crippen LogP contribution in [0.25, 0.3) is 0 Å². The van der Waals surface area contributed by atoms with Crippen molar-refractivity contribution in [1.82, 2.24) is 20.9 Å². The molecule has 3 N–H and O–H groups in total. The number of carbonyl (C=O) groups excluding carboxylic acids is 2. The quantitative estimate of drug-likeness (QED) is 0.245. The third-order valence-corrected chi connectivity index (χ3v) is 5.51. The summed E-state index contributed by atoms with van der Waals surface area (Å²) in [6, 6.07) is 6.98. The highest BCUT2D eigenvalue weighted by Gasteiger charge is 2.42. The summed E-state index contributed by atoms with van der Waals surface area (Å²) in [6.07, 6.45) is 2.69. The first kappa shape index (κ1) is 22.7. The van der Waals surface area contributed by atoms with Crippen LogP contribution in [-0.2, 0) is 4.79 Å². The number of likely N-dealkylation sites (tertiary alicyclic amines) is 1. The first-order valence-electron chi connectivity index (χ1n) is 9.28. The molecule has 0 radical (unpaired) electrons. The minimum absolute atomic E-state index is 0. The summed E-state index contributed by atoms with van der Waals surface area (Å²) in [5.41, 5.74) is 0.491. The Morgan fingerprint density at radius 2 is 2.07 bits per heavy atom. The summed E-state index contributed by atoms with van der Waals surface area (Å²) in [5.74, 6) is 0.757. The highest BCUT2D eigenvalue weighted by Crippen LogP contribution is 2.35. The van der Waals surface area contributed by atoms with Gasteiger partial charge in [-0.3, -0.25) is 14.6 Å². The zero-order valence-corrected chi connectivity index (χ0v) is 19.0. The van der Waals surface area contributed by atoms with Crippen LogP contribution >= 0.6 is 35.6 Å². The van der Waals surface area contributed by atoms with Gasteiger partial charge in [-0.2, -0.15) is 0 Å². The molecule has 154 valence electrons. The summed E-state index contributed by atoms with van der Waals surface area (Å²) in [4.78, 5) is 30.4. The van der Waals surface area contributed by atoms with Gasteiger partial charge in [-0.15, -0.1) is 24.0 Å². The summed E-state index contributed by atoms with van der Waals surface area (Å²) in [6.45, 7) is 3.50. The van der Waals surface area contributed by atoms with Crippen LogP contribution in [0.2, 0.25) is 5.02 Å². The molecule has 1 aromatic rings. The summed E-state index contributed by atoms with van der Waals surface area (Å²) >= 11 is 6.04. The maximum absolute atomic E-state index is 12.2. The fourth-order valence-electron chi connectivity index (χ4n) is 3.85. The molecule has 9 heteroatoms. The number of carbonyl (C=O) groups is 2. The molecule has 2 heterocycles. The molecular formula is C19H27ClIN5O2. The number of aliphatic imine (C=N–C) groups is 1. The van der Waals surface area contributed by atoms with Gasteiger partial charge in [-0.05, 0) is 25.0 Å². The number of hydrogen-bond acceptors (Lipinski definition) is 3. The Labute approximate surface area is 187 Å². The summed E-state index contributed by atoms with van der Waals surface area (Å²) < 4.78 is 0. The predicted molar refractivity (Wildman–Crippen MR) is 121 cm³/mol. The minimum Gasteiger partial charge on any atom is -0.355 e. The van der Waals surface area contributed by atoms with Crippen molar-refractivity contribution in [2.45, 2.75) is 19.3 Å². The van der Waals surface area contributed by atoms with Gasteiger partial charge in [0.25, 0.3) is 5.91 Å². The molecule has 3 rings (SSSR count). The van der Waals surface area contributed by atoms with Crippen LogP contribution in [0.1, 0.15) is 29.6 Å². The third-order valence-electron chi connectivity index (χ3n) is 5.18. The molecule has 1 unspecified atom stereocenters. The van der Waals surface area contributed by atoms with Gasteiger partial charge in [0, 0.05) is 51.6 Å². The Bertz CT molecular complexity index is 745. The maximum atomic E-state index is 12.2. The molecule has 2 saturated heterocycles. The second-order valence-corrected chi connectivity index (χ2v) is 7.60. The molecule has 2 amide bonds. The highest BCUT2D eigenvalue weighted by atomic mass is 127. The molecule has 7 nitrogen and oxygen atoms in total. The Balaban J connectivity index is 0.00000280. The second kappa shape index (κ2) is 10.3. The van der Waals surface area contributed by atoms with Gasteiger partial charge in [0.05, 0.1) is 10.6 Å². The van der Waals surface area contributed by atoms with E-state index in [2.05, 4.69) is 25.8 Å². The molecule has 0 aliphatic carbocycles. The molecule has 2 fully saturated rings. The van der Waals surface area contributed by atoms with Gasteiger partial charge in [-0.25, -0.2) is 0 Å². The van der Waals surface area contributed by atoms with Crippen LogP contribution in [-0.4, -0.2) is 62.4 Å². The largest absolute Gasteiger partial charge is 0.355 e. The lowest BCUT2D eigenvalue weighted by molar-refractivity contribution is -0.119. The van der Waals surface area contributed by atoms with Gasteiger partial charge >= 0.3 is 0 Å². The van der Waals surface area contributed by atoms with E-state index in [9.17, 15) is 9.59 Å². The van der Waals surface area contributed by atoms with E-state index in [-0.39, 0.29) is 41.2 Å². The van der Waals surface area contributed by atoms with E-state index in [4.69, 9.17) is 11.6 Å². The lowest BCUT2D eigenvalue weighted by Crippen LogP contribution is -2.52. The van der Waals surface area contributed by atoms with Crippen molar-refractivity contribution in [3.63, 3.8) is 0 Å². The predicted octanol–water partition coefficient (Wildman–Crippen LogP) is 1.87. The number of nitrogens with zero attached hydrogens (tertiary/aromatic N) is 2. The molecule has 0 aromatic heterocycles. The fourth-order valence-corrected chi connectivity index (χ4v) is 4.07. The molecule has 2 aliphatic rings. The second-order valence-electron chi connectivity index (χ2n) is 7.19. The first-order chi connectivity index (χ1) is 13.0. The number of guanidine groups is 1. The lowest BCUT2D eigenvalue weighted by Gasteiger charge is -2.40. The van der Waals surface area contributed by atoms with E-state index in [0.29, 0.717) is 30.1 Å². The van der Waals surface area contributed by atoms with Gasteiger partial charge in [0.1, 0.15) is 0 Å². The Hall–Kier alpha value is -1.55. The standard InChI is InChI=1S/C19H26ClN5O2.HI/c1-21-18(25-10-4-7-19(13-25)11-16(26)24-12-19)23-9-8-22-17(27)14-5-2-3-6-15(14)20;/h2-3,5-6H,4,7-13H2,1H3,(H,21,23)(H,22,27)(H,24,26);1H. The van der Waals surface area contributed by atoms with Crippen LogP contribution in [0.3, 0.4) is 0 Å². The van der Waals surface area contributed by atoms with Crippen molar-refractivity contribution in [2.75, 3.05) is 39.8 Å². The van der Waals surface area contributed by atoms with Crippen molar-refractivity contribution in [1.29, 1.82) is 0 Å². The first-order valence-corrected chi connectivity index (χ1v) is 9.66. The lowest BCUT2D eigenvalue weighted by atomic mass is 9.79. The van der Waals surface area contributed by atoms with E-state index in [1.54, 1.807) is 31.3 Å². The molecule has 28 heavy (non-hydrogen) atoms. The van der Waals surface area contributed by atoms with Gasteiger partial charge < -0.3 is 20.9 Å². The van der Waals surface area contributed by atoms with Crippen LogP contribution in [0.5, 0.6) is 0 Å². The Morgan fingerprint density at radius 1 is 1.32 bits per heavy atom. The zero-order valence-electron chi connectivity index (χ0n) is 16.0. The number of amides is 2. The minimum atomic E-state index is -0.190. The van der Waals surface area contributed by atoms with E-state index in [1.807, 2.05) is 0 Å². The van der Waals surface area contributed by atoms with Gasteiger partial charge in [-0.1, -0.05) is 23.7 Å². The van der Waals surface area contributed by atoms with E-state index >= 15 is 0 Å². The van der Waals surface area contributed by atoms with Crippen LogP contribution in [0.4, 0.5) is 0 Å². The molecule has 1 aromatic carbocycles. The van der Waals surface area contributed by atoms with E-state index in [0.717, 1.165) is 38.4 Å². The SMILES string of the molecule is CN=C(NCCNC(=O)c1ccccc1Cl)N1CCCC2(CNC(=O)C2)C1.I. The fraction of sp³-hybridized carbons (Fsp3) is 0.526. The topological polar surface area (TPSA) is 85.8 Å². The molecule has 0 saturated carbocycles. The van der Waals surface area contributed by atoms with Crippen molar-refractivity contribution in [3.8, 4) is 0 Å². The number of halogens is 2. The average molecular weight is 520 g/mol. The molecule has 1 atom stereocenters. The number of rotatable bonds is 4. The Kier molecular flexibility index (Phi) is 8.36. The zero-order chi connectivity index (χ0) is 19.3. The molecule has 2 aliphatic heterocycles. The van der Waals surface area contributed by atoms with Crippen molar-refractivity contribution >= 4 is 53.4 Å². The van der Waals surface area contributed by atoms with Crippen molar-refractivity contribution in [3.05, 3.63) is 34.9 Å². The maximum Gasteiger partial charge on any atom is 0.252 e. The van der Waals surface area contributed by atoms with E-state index < -0.39 is 0 Å². The normalized spacial score (nSPS) is 21.9. The van der Waals surface area contributed by atoms with Crippen LogP contribution < -0.4 is 16.0 Å². The monoisotopic (exact) mass is 519 g/mol. The molecular weight excluding hydrogens is 493 g/mol. The smallest absolute Gasteiger partial charge is 0.252 e. The number of benzene rings is 1. The summed E-state index contributed by atoms with van der Waals surface area (Å²) in [5, 5.41) is 9.56. The Morgan fingerprint density at radius 3 is 2.75 bits per heavy atom. The molecule has 1 spiro atoms. The number of piperidine rings is 1. The number of hydrogen-bond donors (Lipinski definition) is 3. The number of nitrogens with one attached hydrogen (secondary N) is 3. The highest BCUT2D eigenvalue weighted by molar-refractivity contribution is 14.0. The van der Waals surface area contributed by atoms with Gasteiger partial charge in [0.15, 0.2) is 5.96 Å². The van der Waals surface area contributed by atoms with Crippen LogP contribution in [0, 0.1) is 5.41 Å². The van der Waals surface area contributed by atoms with Crippen LogP contribution in [0.15, 0.2) is 29.3 Å². The molecule has 0 bridgehead atoms. The van der Waals surface area contributed by atoms with Crippen molar-refractivity contribution < 1.29 is 9.59 Å². The third kappa shape index (κ3) is 5.50. The van der Waals surface area contributed by atoms with Crippen molar-refractivity contribution in [2.24, 2.45) is 10.4 Å². The van der Waals surface area contributed by atoms with E-state index in [1.165, 1.54) is 0 Å². The summed E-state index contributed by atoms with van der Waals surface area (Å²) in [7, 11) is 1.75.